The van der Waals surface area contributed by atoms with E-state index in [2.05, 4.69) is 4.98 Å². The number of hydrogen-bond acceptors (Lipinski definition) is 5. The molecule has 6 nitrogen and oxygen atoms in total. The standard InChI is InChI=1S/C14H19N3O3S/c1-8(2)9-7-15-12-10(11(9)21-6-5-18)13(19)17(4)14(20)16(12)3/h7-8,18H,5-6H2,1-4H3. The van der Waals surface area contributed by atoms with Crippen molar-refractivity contribution in [3.05, 3.63) is 32.6 Å². The summed E-state index contributed by atoms with van der Waals surface area (Å²) >= 11 is 1.42. The average Bonchev–Trinajstić information content (AvgIpc) is 2.47. The Morgan fingerprint density at radius 2 is 1.95 bits per heavy atom. The van der Waals surface area contributed by atoms with Crippen LogP contribution in [0.1, 0.15) is 25.3 Å². The van der Waals surface area contributed by atoms with Crippen molar-refractivity contribution in [1.82, 2.24) is 14.1 Å². The van der Waals surface area contributed by atoms with Crippen LogP contribution in [-0.4, -0.2) is 31.6 Å². The van der Waals surface area contributed by atoms with Crippen LogP contribution in [0, 0.1) is 0 Å². The Morgan fingerprint density at radius 1 is 1.29 bits per heavy atom. The van der Waals surface area contributed by atoms with Crippen LogP contribution in [0.25, 0.3) is 11.0 Å². The van der Waals surface area contributed by atoms with Gasteiger partial charge in [0.2, 0.25) is 0 Å². The van der Waals surface area contributed by atoms with Gasteiger partial charge in [-0.1, -0.05) is 13.8 Å². The van der Waals surface area contributed by atoms with Crippen LogP contribution in [0.15, 0.2) is 20.7 Å². The molecule has 0 bridgehead atoms. The van der Waals surface area contributed by atoms with E-state index >= 15 is 0 Å². The number of nitrogens with zero attached hydrogens (tertiary/aromatic N) is 3. The van der Waals surface area contributed by atoms with Gasteiger partial charge in [-0.2, -0.15) is 0 Å². The van der Waals surface area contributed by atoms with E-state index in [0.717, 1.165) is 15.0 Å². The van der Waals surface area contributed by atoms with Gasteiger partial charge in [0.15, 0.2) is 0 Å². The fourth-order valence-electron chi connectivity index (χ4n) is 2.23. The molecule has 7 heteroatoms. The monoisotopic (exact) mass is 309 g/mol. The van der Waals surface area contributed by atoms with Gasteiger partial charge in [-0.25, -0.2) is 9.78 Å². The van der Waals surface area contributed by atoms with Crippen molar-refractivity contribution < 1.29 is 5.11 Å². The first kappa shape index (κ1) is 15.8. The molecule has 2 rings (SSSR count). The molecular weight excluding hydrogens is 290 g/mol. The van der Waals surface area contributed by atoms with E-state index in [9.17, 15) is 9.59 Å². The molecule has 0 amide bonds. The van der Waals surface area contributed by atoms with Gasteiger partial charge in [-0.05, 0) is 11.5 Å². The molecule has 2 heterocycles. The number of aliphatic hydroxyl groups excluding tert-OH is 1. The molecule has 0 aliphatic carbocycles. The molecule has 0 aliphatic rings. The first-order valence-electron chi connectivity index (χ1n) is 6.72. The van der Waals surface area contributed by atoms with E-state index in [0.29, 0.717) is 16.8 Å². The highest BCUT2D eigenvalue weighted by Gasteiger charge is 2.18. The summed E-state index contributed by atoms with van der Waals surface area (Å²) in [5.41, 5.74) is 0.601. The lowest BCUT2D eigenvalue weighted by Gasteiger charge is -2.15. The van der Waals surface area contributed by atoms with E-state index in [1.807, 2.05) is 13.8 Å². The molecule has 2 aromatic heterocycles. The maximum absolute atomic E-state index is 12.5. The molecule has 0 unspecified atom stereocenters. The predicted molar refractivity (Wildman–Crippen MR) is 84.1 cm³/mol. The van der Waals surface area contributed by atoms with Crippen molar-refractivity contribution in [1.29, 1.82) is 0 Å². The quantitative estimate of drug-likeness (QED) is 0.847. The number of pyridine rings is 1. The second kappa shape index (κ2) is 6.03. The maximum atomic E-state index is 12.5. The van der Waals surface area contributed by atoms with E-state index in [-0.39, 0.29) is 18.1 Å². The second-order valence-electron chi connectivity index (χ2n) is 5.17. The normalized spacial score (nSPS) is 11.5. The molecule has 0 saturated carbocycles. The molecule has 0 spiro atoms. The highest BCUT2D eigenvalue weighted by molar-refractivity contribution is 7.99. The number of hydrogen-bond donors (Lipinski definition) is 1. The number of aryl methyl sites for hydroxylation is 1. The van der Waals surface area contributed by atoms with Crippen LogP contribution >= 0.6 is 11.8 Å². The average molecular weight is 309 g/mol. The van der Waals surface area contributed by atoms with Gasteiger partial charge in [0.05, 0.1) is 12.0 Å². The van der Waals surface area contributed by atoms with Crippen LogP contribution in [0.4, 0.5) is 0 Å². The highest BCUT2D eigenvalue weighted by atomic mass is 32.2. The summed E-state index contributed by atoms with van der Waals surface area (Å²) in [6.07, 6.45) is 1.71. The lowest BCUT2D eigenvalue weighted by molar-refractivity contribution is 0.322. The maximum Gasteiger partial charge on any atom is 0.332 e. The lowest BCUT2D eigenvalue weighted by atomic mass is 10.0. The summed E-state index contributed by atoms with van der Waals surface area (Å²) in [6, 6.07) is 0. The second-order valence-corrected chi connectivity index (χ2v) is 6.28. The van der Waals surface area contributed by atoms with E-state index in [1.165, 1.54) is 23.4 Å². The Bertz CT molecular complexity index is 793. The van der Waals surface area contributed by atoms with Crippen LogP contribution in [-0.2, 0) is 14.1 Å². The Hall–Kier alpha value is -1.60. The summed E-state index contributed by atoms with van der Waals surface area (Å²) in [5, 5.41) is 9.53. The van der Waals surface area contributed by atoms with Crippen molar-refractivity contribution in [3.8, 4) is 0 Å². The number of rotatable bonds is 4. The first-order chi connectivity index (χ1) is 9.90. The van der Waals surface area contributed by atoms with Gasteiger partial charge in [0.1, 0.15) is 5.65 Å². The molecule has 0 aromatic carbocycles. The molecule has 0 radical (unpaired) electrons. The van der Waals surface area contributed by atoms with Gasteiger partial charge in [0.25, 0.3) is 5.56 Å². The molecule has 0 atom stereocenters. The zero-order valence-corrected chi connectivity index (χ0v) is 13.4. The summed E-state index contributed by atoms with van der Waals surface area (Å²) in [4.78, 5) is 29.6. The summed E-state index contributed by atoms with van der Waals surface area (Å²) < 4.78 is 2.47. The Kier molecular flexibility index (Phi) is 4.53. The first-order valence-corrected chi connectivity index (χ1v) is 7.71. The summed E-state index contributed by atoms with van der Waals surface area (Å²) in [6.45, 7) is 4.08. The Balaban J connectivity index is 2.95. The Morgan fingerprint density at radius 3 is 2.52 bits per heavy atom. The molecule has 2 aromatic rings. The third-order valence-electron chi connectivity index (χ3n) is 3.41. The molecule has 21 heavy (non-hydrogen) atoms. The molecule has 114 valence electrons. The number of aromatic nitrogens is 3. The minimum atomic E-state index is -0.393. The van der Waals surface area contributed by atoms with Crippen molar-refractivity contribution in [2.75, 3.05) is 12.4 Å². The fraction of sp³-hybridized carbons (Fsp3) is 0.500. The number of aliphatic hydroxyl groups is 1. The van der Waals surface area contributed by atoms with E-state index in [4.69, 9.17) is 5.11 Å². The highest BCUT2D eigenvalue weighted by Crippen LogP contribution is 2.32. The lowest BCUT2D eigenvalue weighted by Crippen LogP contribution is -2.37. The Labute approximate surface area is 126 Å². The molecule has 0 saturated heterocycles. The van der Waals surface area contributed by atoms with Gasteiger partial charge in [-0.15, -0.1) is 11.8 Å². The van der Waals surface area contributed by atoms with E-state index < -0.39 is 5.69 Å². The predicted octanol–water partition coefficient (Wildman–Crippen LogP) is 0.840. The molecule has 0 aliphatic heterocycles. The van der Waals surface area contributed by atoms with Crippen molar-refractivity contribution in [2.45, 2.75) is 24.7 Å². The van der Waals surface area contributed by atoms with Gasteiger partial charge in [-0.3, -0.25) is 13.9 Å². The molecule has 0 fully saturated rings. The number of fused-ring (bicyclic) bond motifs is 1. The largest absolute Gasteiger partial charge is 0.396 e. The molecular formula is C14H19N3O3S. The van der Waals surface area contributed by atoms with E-state index in [1.54, 1.807) is 13.2 Å². The summed E-state index contributed by atoms with van der Waals surface area (Å²) in [5.74, 6) is 0.690. The van der Waals surface area contributed by atoms with Crippen molar-refractivity contribution in [3.63, 3.8) is 0 Å². The topological polar surface area (TPSA) is 77.1 Å². The van der Waals surface area contributed by atoms with Gasteiger partial charge < -0.3 is 5.11 Å². The van der Waals surface area contributed by atoms with Crippen LogP contribution < -0.4 is 11.2 Å². The zero-order chi connectivity index (χ0) is 15.7. The smallest absolute Gasteiger partial charge is 0.332 e. The fourth-order valence-corrected chi connectivity index (χ4v) is 3.30. The summed E-state index contributed by atoms with van der Waals surface area (Å²) in [7, 11) is 3.07. The van der Waals surface area contributed by atoms with Crippen LogP contribution in [0.5, 0.6) is 0 Å². The zero-order valence-electron chi connectivity index (χ0n) is 12.6. The molecule has 1 N–H and O–H groups in total. The SMILES string of the molecule is CC(C)c1cnc2c(c1SCCO)c(=O)n(C)c(=O)n2C. The van der Waals surface area contributed by atoms with Gasteiger partial charge >= 0.3 is 5.69 Å². The minimum absolute atomic E-state index is 0.0259. The minimum Gasteiger partial charge on any atom is -0.396 e. The third kappa shape index (κ3) is 2.63. The van der Waals surface area contributed by atoms with Gasteiger partial charge in [0, 0.05) is 30.9 Å². The van der Waals surface area contributed by atoms with Crippen molar-refractivity contribution >= 4 is 22.8 Å². The number of thioether (sulfide) groups is 1. The van der Waals surface area contributed by atoms with Crippen LogP contribution in [0.2, 0.25) is 0 Å². The third-order valence-corrected chi connectivity index (χ3v) is 4.52. The van der Waals surface area contributed by atoms with Crippen molar-refractivity contribution in [2.24, 2.45) is 14.1 Å². The van der Waals surface area contributed by atoms with Crippen LogP contribution in [0.3, 0.4) is 0 Å².